The fourth-order valence-corrected chi connectivity index (χ4v) is 3.84. The second-order valence-corrected chi connectivity index (χ2v) is 6.82. The van der Waals surface area contributed by atoms with Crippen LogP contribution >= 0.6 is 0 Å². The monoisotopic (exact) mass is 330 g/mol. The average molecular weight is 330 g/mol. The first kappa shape index (κ1) is 17.0. The molecule has 2 atom stereocenters. The number of nitrogens with zero attached hydrogens (tertiary/aromatic N) is 2. The molecule has 1 aromatic carbocycles. The number of rotatable bonds is 3. The lowest BCUT2D eigenvalue weighted by atomic mass is 9.93. The van der Waals surface area contributed by atoms with Crippen LogP contribution in [-0.2, 0) is 4.79 Å². The molecule has 5 heteroatoms. The Morgan fingerprint density at radius 1 is 1.04 bits per heavy atom. The summed E-state index contributed by atoms with van der Waals surface area (Å²) in [6, 6.07) is 9.20. The Hall–Kier alpha value is -1.88. The molecule has 0 saturated carbocycles. The van der Waals surface area contributed by atoms with E-state index in [-0.39, 0.29) is 30.4 Å². The van der Waals surface area contributed by atoms with Crippen molar-refractivity contribution < 1.29 is 14.7 Å². The predicted octanol–water partition coefficient (Wildman–Crippen LogP) is 1.91. The van der Waals surface area contributed by atoms with Crippen molar-refractivity contribution in [2.24, 2.45) is 5.92 Å². The lowest BCUT2D eigenvalue weighted by Crippen LogP contribution is -2.52. The highest BCUT2D eigenvalue weighted by atomic mass is 16.3. The quantitative estimate of drug-likeness (QED) is 0.921. The lowest BCUT2D eigenvalue weighted by molar-refractivity contribution is -0.141. The summed E-state index contributed by atoms with van der Waals surface area (Å²) in [6.45, 7) is 1.96. The molecule has 2 heterocycles. The van der Waals surface area contributed by atoms with Gasteiger partial charge >= 0.3 is 0 Å². The first-order chi connectivity index (χ1) is 11.7. The number of carbonyl (C=O) groups excluding carboxylic acids is 2. The van der Waals surface area contributed by atoms with Gasteiger partial charge in [0.05, 0.1) is 18.6 Å². The maximum atomic E-state index is 12.9. The van der Waals surface area contributed by atoms with Gasteiger partial charge < -0.3 is 14.9 Å². The molecule has 24 heavy (non-hydrogen) atoms. The SMILES string of the molecule is O=C(c1ccccc1)N1CCCC(C(=O)N2CCCCC2CO)C1. The Balaban J connectivity index is 1.66. The molecule has 0 spiro atoms. The summed E-state index contributed by atoms with van der Waals surface area (Å²) in [5, 5.41) is 9.54. The number of piperidine rings is 2. The van der Waals surface area contributed by atoms with Crippen molar-refractivity contribution in [1.82, 2.24) is 9.80 Å². The first-order valence-electron chi connectivity index (χ1n) is 8.96. The summed E-state index contributed by atoms with van der Waals surface area (Å²) in [7, 11) is 0. The van der Waals surface area contributed by atoms with Gasteiger partial charge in [0.15, 0.2) is 0 Å². The molecule has 130 valence electrons. The largest absolute Gasteiger partial charge is 0.394 e. The zero-order chi connectivity index (χ0) is 16.9. The minimum absolute atomic E-state index is 0.00505. The zero-order valence-electron chi connectivity index (χ0n) is 14.1. The highest BCUT2D eigenvalue weighted by Gasteiger charge is 2.34. The van der Waals surface area contributed by atoms with Gasteiger partial charge in [-0.15, -0.1) is 0 Å². The van der Waals surface area contributed by atoms with Crippen molar-refractivity contribution in [2.75, 3.05) is 26.2 Å². The molecule has 0 aromatic heterocycles. The van der Waals surface area contributed by atoms with Crippen LogP contribution < -0.4 is 0 Å². The van der Waals surface area contributed by atoms with Gasteiger partial charge in [-0.2, -0.15) is 0 Å². The fraction of sp³-hybridized carbons (Fsp3) is 0.579. The molecule has 2 unspecified atom stereocenters. The maximum absolute atomic E-state index is 12.9. The van der Waals surface area contributed by atoms with Crippen LogP contribution in [0.3, 0.4) is 0 Å². The summed E-state index contributed by atoms with van der Waals surface area (Å²) in [5.41, 5.74) is 0.678. The highest BCUT2D eigenvalue weighted by molar-refractivity contribution is 5.94. The van der Waals surface area contributed by atoms with Crippen molar-refractivity contribution in [2.45, 2.75) is 38.1 Å². The summed E-state index contributed by atoms with van der Waals surface area (Å²) in [4.78, 5) is 29.2. The highest BCUT2D eigenvalue weighted by Crippen LogP contribution is 2.25. The Morgan fingerprint density at radius 2 is 1.83 bits per heavy atom. The molecule has 2 amide bonds. The number of hydrogen-bond acceptors (Lipinski definition) is 3. The van der Waals surface area contributed by atoms with Gasteiger partial charge in [-0.25, -0.2) is 0 Å². The summed E-state index contributed by atoms with van der Waals surface area (Å²) in [5.74, 6) is -0.0247. The van der Waals surface area contributed by atoms with E-state index in [9.17, 15) is 14.7 Å². The number of hydrogen-bond donors (Lipinski definition) is 1. The van der Waals surface area contributed by atoms with E-state index in [1.54, 1.807) is 4.90 Å². The number of aliphatic hydroxyl groups is 1. The van der Waals surface area contributed by atoms with Gasteiger partial charge in [0.1, 0.15) is 0 Å². The lowest BCUT2D eigenvalue weighted by Gasteiger charge is -2.39. The van der Waals surface area contributed by atoms with E-state index in [1.807, 2.05) is 35.2 Å². The minimum Gasteiger partial charge on any atom is -0.394 e. The van der Waals surface area contributed by atoms with Crippen molar-refractivity contribution in [3.63, 3.8) is 0 Å². The van der Waals surface area contributed by atoms with Crippen LogP contribution in [0, 0.1) is 5.92 Å². The van der Waals surface area contributed by atoms with Crippen LogP contribution in [0.5, 0.6) is 0 Å². The van der Waals surface area contributed by atoms with Crippen LogP contribution in [-0.4, -0.2) is 59.0 Å². The number of likely N-dealkylation sites (tertiary alicyclic amines) is 2. The van der Waals surface area contributed by atoms with Crippen molar-refractivity contribution >= 4 is 11.8 Å². The maximum Gasteiger partial charge on any atom is 0.253 e. The number of amides is 2. The molecular weight excluding hydrogens is 304 g/mol. The molecule has 3 rings (SSSR count). The fourth-order valence-electron chi connectivity index (χ4n) is 3.84. The smallest absolute Gasteiger partial charge is 0.253 e. The van der Waals surface area contributed by atoms with E-state index in [2.05, 4.69) is 0 Å². The van der Waals surface area contributed by atoms with Crippen molar-refractivity contribution in [1.29, 1.82) is 0 Å². The molecule has 1 aromatic rings. The van der Waals surface area contributed by atoms with Crippen molar-refractivity contribution in [3.05, 3.63) is 35.9 Å². The van der Waals surface area contributed by atoms with E-state index in [0.717, 1.165) is 38.6 Å². The summed E-state index contributed by atoms with van der Waals surface area (Å²) < 4.78 is 0. The van der Waals surface area contributed by atoms with E-state index in [0.29, 0.717) is 18.7 Å². The van der Waals surface area contributed by atoms with Gasteiger partial charge in [0.2, 0.25) is 5.91 Å². The Morgan fingerprint density at radius 3 is 2.58 bits per heavy atom. The molecule has 2 aliphatic heterocycles. The Kier molecular flexibility index (Phi) is 5.51. The third-order valence-electron chi connectivity index (χ3n) is 5.20. The van der Waals surface area contributed by atoms with E-state index >= 15 is 0 Å². The second kappa shape index (κ2) is 7.79. The Bertz CT molecular complexity index is 575. The third kappa shape index (κ3) is 3.61. The molecule has 2 fully saturated rings. The van der Waals surface area contributed by atoms with E-state index < -0.39 is 0 Å². The van der Waals surface area contributed by atoms with Gasteiger partial charge in [-0.3, -0.25) is 9.59 Å². The van der Waals surface area contributed by atoms with E-state index in [4.69, 9.17) is 0 Å². The van der Waals surface area contributed by atoms with Gasteiger partial charge in [0, 0.05) is 25.2 Å². The number of benzene rings is 1. The third-order valence-corrected chi connectivity index (χ3v) is 5.20. The van der Waals surface area contributed by atoms with Crippen LogP contribution in [0.1, 0.15) is 42.5 Å². The average Bonchev–Trinajstić information content (AvgIpc) is 2.67. The normalized spacial score (nSPS) is 24.7. The van der Waals surface area contributed by atoms with Gasteiger partial charge in [0.25, 0.3) is 5.91 Å². The molecule has 2 saturated heterocycles. The first-order valence-corrected chi connectivity index (χ1v) is 8.96. The topological polar surface area (TPSA) is 60.9 Å². The minimum atomic E-state index is -0.140. The van der Waals surface area contributed by atoms with E-state index in [1.165, 1.54) is 0 Å². The predicted molar refractivity (Wildman–Crippen MR) is 91.5 cm³/mol. The Labute approximate surface area is 143 Å². The second-order valence-electron chi connectivity index (χ2n) is 6.82. The number of carbonyl (C=O) groups is 2. The van der Waals surface area contributed by atoms with Crippen LogP contribution in [0.25, 0.3) is 0 Å². The molecule has 0 bridgehead atoms. The molecule has 0 radical (unpaired) electrons. The summed E-state index contributed by atoms with van der Waals surface area (Å²) >= 11 is 0. The van der Waals surface area contributed by atoms with Gasteiger partial charge in [-0.1, -0.05) is 18.2 Å². The summed E-state index contributed by atoms with van der Waals surface area (Å²) in [6.07, 6.45) is 4.63. The van der Waals surface area contributed by atoms with Crippen LogP contribution in [0.15, 0.2) is 30.3 Å². The molecule has 0 aliphatic carbocycles. The molecule has 2 aliphatic rings. The number of aliphatic hydroxyl groups excluding tert-OH is 1. The van der Waals surface area contributed by atoms with Crippen LogP contribution in [0.4, 0.5) is 0 Å². The van der Waals surface area contributed by atoms with Gasteiger partial charge in [-0.05, 0) is 44.2 Å². The molecule has 5 nitrogen and oxygen atoms in total. The van der Waals surface area contributed by atoms with Crippen molar-refractivity contribution in [3.8, 4) is 0 Å². The molecule has 1 N–H and O–H groups in total. The molecular formula is C19H26N2O3. The zero-order valence-corrected chi connectivity index (χ0v) is 14.1. The standard InChI is InChI=1S/C19H26N2O3/c22-14-17-10-4-5-12-21(17)19(24)16-9-6-11-20(13-16)18(23)15-7-2-1-3-8-15/h1-3,7-8,16-17,22H,4-6,9-14H2. The van der Waals surface area contributed by atoms with Crippen LogP contribution in [0.2, 0.25) is 0 Å².